The molecule has 0 spiro atoms. The predicted octanol–water partition coefficient (Wildman–Crippen LogP) is 2.20. The summed E-state index contributed by atoms with van der Waals surface area (Å²) in [6.45, 7) is 2.85. The number of benzene rings is 1. The van der Waals surface area contributed by atoms with E-state index in [9.17, 15) is 18.7 Å². The standard InChI is InChI=1S/C12H14F2O3/c1-12(2,11(16)17-3)10(15)8-5-4-7(13)6-9(8)14/h4-6,10,15H,1-3H3. The van der Waals surface area contributed by atoms with Crippen LogP contribution >= 0.6 is 0 Å². The lowest BCUT2D eigenvalue weighted by atomic mass is 9.82. The zero-order valence-electron chi connectivity index (χ0n) is 9.83. The highest BCUT2D eigenvalue weighted by atomic mass is 19.1. The van der Waals surface area contributed by atoms with E-state index in [-0.39, 0.29) is 5.56 Å². The summed E-state index contributed by atoms with van der Waals surface area (Å²) in [6.07, 6.45) is -1.41. The van der Waals surface area contributed by atoms with Crippen molar-refractivity contribution < 1.29 is 23.4 Å². The Labute approximate surface area is 98.0 Å². The van der Waals surface area contributed by atoms with Gasteiger partial charge in [-0.1, -0.05) is 6.07 Å². The summed E-state index contributed by atoms with van der Waals surface area (Å²) >= 11 is 0. The first-order valence-corrected chi connectivity index (χ1v) is 5.02. The molecular weight excluding hydrogens is 230 g/mol. The lowest BCUT2D eigenvalue weighted by Crippen LogP contribution is -2.33. The molecule has 94 valence electrons. The molecule has 0 saturated carbocycles. The Morgan fingerprint density at radius 2 is 2.00 bits per heavy atom. The van der Waals surface area contributed by atoms with Gasteiger partial charge in [0.15, 0.2) is 0 Å². The predicted molar refractivity (Wildman–Crippen MR) is 57.1 cm³/mol. The number of carbonyl (C=O) groups excluding carboxylic acids is 1. The molecule has 1 aromatic carbocycles. The Kier molecular flexibility index (Phi) is 3.83. The molecule has 17 heavy (non-hydrogen) atoms. The molecule has 5 heteroatoms. The SMILES string of the molecule is COC(=O)C(C)(C)C(O)c1ccc(F)cc1F. The second-order valence-corrected chi connectivity index (χ2v) is 4.28. The van der Waals surface area contributed by atoms with Crippen LogP contribution in [-0.4, -0.2) is 18.2 Å². The normalized spacial score (nSPS) is 13.3. The van der Waals surface area contributed by atoms with Crippen molar-refractivity contribution in [3.63, 3.8) is 0 Å². The largest absolute Gasteiger partial charge is 0.469 e. The van der Waals surface area contributed by atoms with E-state index >= 15 is 0 Å². The van der Waals surface area contributed by atoms with Crippen molar-refractivity contribution in [1.82, 2.24) is 0 Å². The van der Waals surface area contributed by atoms with E-state index in [4.69, 9.17) is 0 Å². The van der Waals surface area contributed by atoms with Crippen LogP contribution in [0.2, 0.25) is 0 Å². The lowest BCUT2D eigenvalue weighted by Gasteiger charge is -2.28. The number of halogens is 2. The Hall–Kier alpha value is -1.49. The number of methoxy groups -OCH3 is 1. The summed E-state index contributed by atoms with van der Waals surface area (Å²) in [6, 6.07) is 2.79. The lowest BCUT2D eigenvalue weighted by molar-refractivity contribution is -0.157. The number of hydrogen-bond acceptors (Lipinski definition) is 3. The first kappa shape index (κ1) is 13.6. The van der Waals surface area contributed by atoms with Crippen molar-refractivity contribution in [3.05, 3.63) is 35.4 Å². The van der Waals surface area contributed by atoms with Gasteiger partial charge in [0.25, 0.3) is 0 Å². The monoisotopic (exact) mass is 244 g/mol. The van der Waals surface area contributed by atoms with Gasteiger partial charge in [0.1, 0.15) is 11.6 Å². The van der Waals surface area contributed by atoms with Gasteiger partial charge in [-0.3, -0.25) is 4.79 Å². The van der Waals surface area contributed by atoms with Gasteiger partial charge in [-0.05, 0) is 19.9 Å². The number of ether oxygens (including phenoxy) is 1. The van der Waals surface area contributed by atoms with Crippen molar-refractivity contribution in [2.75, 3.05) is 7.11 Å². The van der Waals surface area contributed by atoms with Crippen LogP contribution in [0.25, 0.3) is 0 Å². The minimum atomic E-state index is -1.41. The van der Waals surface area contributed by atoms with E-state index < -0.39 is 29.1 Å². The van der Waals surface area contributed by atoms with Crippen LogP contribution in [0, 0.1) is 17.0 Å². The quantitative estimate of drug-likeness (QED) is 0.829. The van der Waals surface area contributed by atoms with Crippen LogP contribution in [0.4, 0.5) is 8.78 Å². The number of aliphatic hydroxyl groups is 1. The van der Waals surface area contributed by atoms with E-state index in [0.29, 0.717) is 6.07 Å². The Morgan fingerprint density at radius 3 is 2.47 bits per heavy atom. The minimum absolute atomic E-state index is 0.137. The maximum Gasteiger partial charge on any atom is 0.314 e. The van der Waals surface area contributed by atoms with Crippen LogP contribution < -0.4 is 0 Å². The molecule has 1 aromatic rings. The van der Waals surface area contributed by atoms with E-state index in [0.717, 1.165) is 12.1 Å². The maximum absolute atomic E-state index is 13.4. The van der Waals surface area contributed by atoms with E-state index in [1.807, 2.05) is 0 Å². The van der Waals surface area contributed by atoms with Gasteiger partial charge in [0.05, 0.1) is 18.6 Å². The molecule has 0 radical (unpaired) electrons. The average molecular weight is 244 g/mol. The van der Waals surface area contributed by atoms with Gasteiger partial charge in [-0.25, -0.2) is 8.78 Å². The third kappa shape index (κ3) is 2.61. The highest BCUT2D eigenvalue weighted by Crippen LogP contribution is 2.35. The molecule has 1 atom stereocenters. The summed E-state index contributed by atoms with van der Waals surface area (Å²) in [5, 5.41) is 9.96. The maximum atomic E-state index is 13.4. The van der Waals surface area contributed by atoms with Crippen LogP contribution in [0.3, 0.4) is 0 Å². The van der Waals surface area contributed by atoms with Crippen molar-refractivity contribution in [1.29, 1.82) is 0 Å². The zero-order chi connectivity index (χ0) is 13.2. The molecule has 0 heterocycles. The summed E-state index contributed by atoms with van der Waals surface area (Å²) < 4.78 is 30.7. The molecular formula is C12H14F2O3. The molecule has 0 amide bonds. The van der Waals surface area contributed by atoms with Gasteiger partial charge in [-0.2, -0.15) is 0 Å². The smallest absolute Gasteiger partial charge is 0.314 e. The van der Waals surface area contributed by atoms with Crippen LogP contribution in [0.5, 0.6) is 0 Å². The average Bonchev–Trinajstić information content (AvgIpc) is 2.27. The zero-order valence-corrected chi connectivity index (χ0v) is 9.83. The number of hydrogen-bond donors (Lipinski definition) is 1. The summed E-state index contributed by atoms with van der Waals surface area (Å²) in [4.78, 5) is 11.4. The molecule has 0 aliphatic carbocycles. The fourth-order valence-corrected chi connectivity index (χ4v) is 1.49. The third-order valence-electron chi connectivity index (χ3n) is 2.65. The molecule has 1 N–H and O–H groups in total. The first-order chi connectivity index (χ1) is 7.80. The van der Waals surface area contributed by atoms with Crippen LogP contribution in [0.15, 0.2) is 18.2 Å². The van der Waals surface area contributed by atoms with Crippen molar-refractivity contribution >= 4 is 5.97 Å². The fourth-order valence-electron chi connectivity index (χ4n) is 1.49. The van der Waals surface area contributed by atoms with Gasteiger partial charge in [0, 0.05) is 11.6 Å². The first-order valence-electron chi connectivity index (χ1n) is 5.02. The van der Waals surface area contributed by atoms with Crippen LogP contribution in [-0.2, 0) is 9.53 Å². The Bertz CT molecular complexity index is 430. The minimum Gasteiger partial charge on any atom is -0.469 e. The molecule has 0 aliphatic heterocycles. The van der Waals surface area contributed by atoms with Gasteiger partial charge in [0.2, 0.25) is 0 Å². The highest BCUT2D eigenvalue weighted by molar-refractivity contribution is 5.76. The van der Waals surface area contributed by atoms with Gasteiger partial charge < -0.3 is 9.84 Å². The van der Waals surface area contributed by atoms with Gasteiger partial charge in [-0.15, -0.1) is 0 Å². The van der Waals surface area contributed by atoms with E-state index in [1.165, 1.54) is 21.0 Å². The van der Waals surface area contributed by atoms with Gasteiger partial charge >= 0.3 is 5.97 Å². The number of aliphatic hydroxyl groups excluding tert-OH is 1. The van der Waals surface area contributed by atoms with E-state index in [1.54, 1.807) is 0 Å². The van der Waals surface area contributed by atoms with Crippen molar-refractivity contribution in [2.24, 2.45) is 5.41 Å². The Balaban J connectivity index is 3.11. The molecule has 0 fully saturated rings. The topological polar surface area (TPSA) is 46.5 Å². The molecule has 1 rings (SSSR count). The highest BCUT2D eigenvalue weighted by Gasteiger charge is 2.39. The molecule has 3 nitrogen and oxygen atoms in total. The Morgan fingerprint density at radius 1 is 1.41 bits per heavy atom. The number of carbonyl (C=O) groups is 1. The van der Waals surface area contributed by atoms with Crippen LogP contribution in [0.1, 0.15) is 25.5 Å². The summed E-state index contributed by atoms with van der Waals surface area (Å²) in [5.41, 5.74) is -1.45. The van der Waals surface area contributed by atoms with Crippen molar-refractivity contribution in [2.45, 2.75) is 20.0 Å². The third-order valence-corrected chi connectivity index (χ3v) is 2.65. The van der Waals surface area contributed by atoms with Crippen molar-refractivity contribution in [3.8, 4) is 0 Å². The molecule has 1 unspecified atom stereocenters. The molecule has 0 aromatic heterocycles. The molecule has 0 saturated heterocycles. The number of esters is 1. The molecule has 0 bridgehead atoms. The fraction of sp³-hybridized carbons (Fsp3) is 0.417. The second-order valence-electron chi connectivity index (χ2n) is 4.28. The summed E-state index contributed by atoms with van der Waals surface area (Å²) in [5.74, 6) is -2.31. The summed E-state index contributed by atoms with van der Waals surface area (Å²) in [7, 11) is 1.18. The van der Waals surface area contributed by atoms with E-state index in [2.05, 4.69) is 4.74 Å². The number of rotatable bonds is 3. The molecule has 0 aliphatic rings. The second kappa shape index (κ2) is 4.79.